The number of carbonyl (C=O) groups excluding carboxylic acids is 4. The number of hydrogen-bond acceptors (Lipinski definition) is 7. The molecule has 0 heterocycles. The summed E-state index contributed by atoms with van der Waals surface area (Å²) in [6.45, 7) is 4.31. The Hall–Kier alpha value is -2.33. The lowest BCUT2D eigenvalue weighted by Crippen LogP contribution is -2.41. The van der Waals surface area contributed by atoms with Gasteiger partial charge in [-0.05, 0) is 33.1 Å². The van der Waals surface area contributed by atoms with Gasteiger partial charge in [-0.3, -0.25) is 14.4 Å². The van der Waals surface area contributed by atoms with Gasteiger partial charge in [0.2, 0.25) is 11.8 Å². The van der Waals surface area contributed by atoms with E-state index < -0.39 is 12.0 Å². The van der Waals surface area contributed by atoms with E-state index in [9.17, 15) is 29.1 Å². The maximum absolute atomic E-state index is 12.2. The maximum atomic E-state index is 12.2. The normalized spacial score (nSPS) is 11.7. The molecule has 3 N–H and O–H groups in total. The molecule has 0 aromatic rings. The minimum absolute atomic E-state index is 0.0127. The summed E-state index contributed by atoms with van der Waals surface area (Å²) in [5.74, 6) is -1.51. The van der Waals surface area contributed by atoms with E-state index in [1.54, 1.807) is 6.92 Å². The molecule has 0 saturated heterocycles. The van der Waals surface area contributed by atoms with Crippen molar-refractivity contribution < 1.29 is 38.6 Å². The van der Waals surface area contributed by atoms with E-state index in [0.29, 0.717) is 19.0 Å². The lowest BCUT2D eigenvalue weighted by molar-refractivity contribution is -0.142. The van der Waals surface area contributed by atoms with Crippen molar-refractivity contribution >= 4 is 29.4 Å². The Morgan fingerprint density at radius 3 is 1.56 bits per heavy atom. The Labute approximate surface area is 247 Å². The Kier molecular flexibility index (Phi) is 26.2. The minimum atomic E-state index is -1.15. The molecule has 10 nitrogen and oxygen atoms in total. The average molecular weight is 585 g/mol. The molecule has 0 aliphatic rings. The van der Waals surface area contributed by atoms with Crippen LogP contribution in [0.3, 0.4) is 0 Å². The average Bonchev–Trinajstić information content (AvgIpc) is 2.91. The topological polar surface area (TPSA) is 148 Å². The fourth-order valence-electron chi connectivity index (χ4n) is 4.37. The Balaban J connectivity index is 3.66. The maximum Gasteiger partial charge on any atom is 0.326 e. The van der Waals surface area contributed by atoms with Gasteiger partial charge in [-0.15, -0.1) is 0 Å². The molecule has 0 aliphatic heterocycles. The standard InChI is InChI=1S/C31H56N2O8/c1-26(34)17-15-13-11-9-7-5-3-4-6-8-10-12-14-16-18-30(37)33-28(31(38)39)19-20-29(36)32-21-22-40-23-24-41-25-27(2)35/h28H,3-25H2,1-2H3,(H,32,36)(H,33,37)(H,38,39)/t28-/m0/s1. The van der Waals surface area contributed by atoms with E-state index in [1.165, 1.54) is 64.7 Å². The molecule has 0 rings (SSSR count). The largest absolute Gasteiger partial charge is 0.480 e. The number of nitrogens with one attached hydrogen (secondary N) is 2. The monoisotopic (exact) mass is 584 g/mol. The van der Waals surface area contributed by atoms with Crippen LogP contribution < -0.4 is 10.6 Å². The Morgan fingerprint density at radius 1 is 0.585 bits per heavy atom. The molecule has 41 heavy (non-hydrogen) atoms. The van der Waals surface area contributed by atoms with Gasteiger partial charge >= 0.3 is 5.97 Å². The number of hydrogen-bond donors (Lipinski definition) is 3. The molecule has 0 fully saturated rings. The van der Waals surface area contributed by atoms with Crippen LogP contribution in [0.15, 0.2) is 0 Å². The lowest BCUT2D eigenvalue weighted by atomic mass is 10.0. The summed E-state index contributed by atoms with van der Waals surface area (Å²) in [7, 11) is 0. The fraction of sp³-hybridized carbons (Fsp3) is 0.839. The fourth-order valence-corrected chi connectivity index (χ4v) is 4.37. The van der Waals surface area contributed by atoms with Crippen molar-refractivity contribution in [3.63, 3.8) is 0 Å². The second-order valence-electron chi connectivity index (χ2n) is 10.9. The quantitative estimate of drug-likeness (QED) is 0.101. The number of aliphatic carboxylic acids is 1. The number of ketones is 2. The first-order valence-corrected chi connectivity index (χ1v) is 15.7. The first-order chi connectivity index (χ1) is 19.7. The Bertz CT molecular complexity index is 729. The number of ether oxygens (including phenoxy) is 2. The molecule has 0 saturated carbocycles. The lowest BCUT2D eigenvalue weighted by Gasteiger charge is -2.14. The van der Waals surface area contributed by atoms with E-state index in [2.05, 4.69) is 10.6 Å². The van der Waals surface area contributed by atoms with Crippen LogP contribution in [0.25, 0.3) is 0 Å². The van der Waals surface area contributed by atoms with E-state index in [0.717, 1.165) is 38.5 Å². The molecule has 0 aliphatic carbocycles. The van der Waals surface area contributed by atoms with E-state index in [4.69, 9.17) is 9.47 Å². The summed E-state index contributed by atoms with van der Waals surface area (Å²) < 4.78 is 10.3. The van der Waals surface area contributed by atoms with E-state index in [1.807, 2.05) is 0 Å². The van der Waals surface area contributed by atoms with Crippen molar-refractivity contribution in [3.05, 3.63) is 0 Å². The Morgan fingerprint density at radius 2 is 1.07 bits per heavy atom. The van der Waals surface area contributed by atoms with Gasteiger partial charge in [-0.2, -0.15) is 0 Å². The third-order valence-corrected chi connectivity index (χ3v) is 6.72. The van der Waals surface area contributed by atoms with Gasteiger partial charge < -0.3 is 30.0 Å². The van der Waals surface area contributed by atoms with Crippen molar-refractivity contribution in [1.82, 2.24) is 10.6 Å². The van der Waals surface area contributed by atoms with Crippen molar-refractivity contribution in [2.75, 3.05) is 33.0 Å². The molecule has 0 unspecified atom stereocenters. The number of carboxylic acids is 1. The van der Waals surface area contributed by atoms with Crippen LogP contribution in [0.5, 0.6) is 0 Å². The number of carbonyl (C=O) groups is 5. The molecule has 0 aromatic carbocycles. The first kappa shape index (κ1) is 38.7. The molecule has 0 bridgehead atoms. The van der Waals surface area contributed by atoms with Gasteiger partial charge in [0, 0.05) is 25.8 Å². The first-order valence-electron chi connectivity index (χ1n) is 15.7. The third-order valence-electron chi connectivity index (χ3n) is 6.72. The van der Waals surface area contributed by atoms with Crippen molar-refractivity contribution in [2.45, 2.75) is 135 Å². The van der Waals surface area contributed by atoms with E-state index in [-0.39, 0.29) is 56.6 Å². The van der Waals surface area contributed by atoms with Gasteiger partial charge in [0.15, 0.2) is 5.78 Å². The van der Waals surface area contributed by atoms with Crippen LogP contribution in [0.2, 0.25) is 0 Å². The molecule has 238 valence electrons. The van der Waals surface area contributed by atoms with Gasteiger partial charge in [-0.25, -0.2) is 4.79 Å². The van der Waals surface area contributed by atoms with Gasteiger partial charge in [0.25, 0.3) is 0 Å². The molecular formula is C31H56N2O8. The second kappa shape index (κ2) is 27.8. The van der Waals surface area contributed by atoms with Crippen molar-refractivity contribution in [2.24, 2.45) is 0 Å². The number of Topliss-reactive ketones (excluding diaryl/α,β-unsaturated/α-hetero) is 2. The highest BCUT2D eigenvalue weighted by Gasteiger charge is 2.20. The summed E-state index contributed by atoms with van der Waals surface area (Å²) in [4.78, 5) is 57.3. The third kappa shape index (κ3) is 29.0. The van der Waals surface area contributed by atoms with Gasteiger partial charge in [0.1, 0.15) is 18.4 Å². The summed E-state index contributed by atoms with van der Waals surface area (Å²) in [5, 5.41) is 14.6. The summed E-state index contributed by atoms with van der Waals surface area (Å²) >= 11 is 0. The molecule has 1 atom stereocenters. The molecule has 0 radical (unpaired) electrons. The highest BCUT2D eigenvalue weighted by molar-refractivity contribution is 5.84. The van der Waals surface area contributed by atoms with E-state index >= 15 is 0 Å². The van der Waals surface area contributed by atoms with Crippen LogP contribution >= 0.6 is 0 Å². The number of amides is 2. The summed E-state index contributed by atoms with van der Waals surface area (Å²) in [6.07, 6.45) is 17.2. The second-order valence-corrected chi connectivity index (χ2v) is 10.9. The van der Waals surface area contributed by atoms with Crippen LogP contribution in [0.1, 0.15) is 129 Å². The number of unbranched alkanes of at least 4 members (excludes halogenated alkanes) is 13. The van der Waals surface area contributed by atoms with Crippen LogP contribution in [-0.2, 0) is 33.4 Å². The van der Waals surface area contributed by atoms with Crippen molar-refractivity contribution in [1.29, 1.82) is 0 Å². The SMILES string of the molecule is CC(=O)CCCCCCCCCCCCCCCCC(=O)N[C@@H](CCC(=O)NCCOCCOCC(C)=O)C(=O)O. The zero-order valence-corrected chi connectivity index (χ0v) is 25.6. The zero-order chi connectivity index (χ0) is 30.6. The number of carboxylic acid groups (broad SMARTS) is 1. The molecule has 0 aromatic heterocycles. The minimum Gasteiger partial charge on any atom is -0.480 e. The van der Waals surface area contributed by atoms with Gasteiger partial charge in [-0.1, -0.05) is 77.0 Å². The molecular weight excluding hydrogens is 528 g/mol. The van der Waals surface area contributed by atoms with Crippen LogP contribution in [0.4, 0.5) is 0 Å². The van der Waals surface area contributed by atoms with Crippen LogP contribution in [-0.4, -0.2) is 73.5 Å². The highest BCUT2D eigenvalue weighted by Crippen LogP contribution is 2.14. The molecule has 0 spiro atoms. The van der Waals surface area contributed by atoms with Gasteiger partial charge in [0.05, 0.1) is 19.8 Å². The van der Waals surface area contributed by atoms with Crippen LogP contribution in [0, 0.1) is 0 Å². The van der Waals surface area contributed by atoms with Crippen molar-refractivity contribution in [3.8, 4) is 0 Å². The number of rotatable bonds is 30. The predicted octanol–water partition coefficient (Wildman–Crippen LogP) is 4.91. The highest BCUT2D eigenvalue weighted by atomic mass is 16.5. The summed E-state index contributed by atoms with van der Waals surface area (Å²) in [5.41, 5.74) is 0. The predicted molar refractivity (Wildman–Crippen MR) is 159 cm³/mol. The molecule has 10 heteroatoms. The zero-order valence-electron chi connectivity index (χ0n) is 25.6. The molecule has 2 amide bonds. The smallest absolute Gasteiger partial charge is 0.326 e. The summed E-state index contributed by atoms with van der Waals surface area (Å²) in [6, 6.07) is -1.09.